The third kappa shape index (κ3) is 4.52. The van der Waals surface area contributed by atoms with Gasteiger partial charge in [0.25, 0.3) is 0 Å². The molecule has 2 aromatic carbocycles. The first-order chi connectivity index (χ1) is 12.3. The van der Waals surface area contributed by atoms with E-state index in [0.717, 1.165) is 22.2 Å². The molecular formula is C21H20N2O2. The molecule has 126 valence electrons. The molecule has 0 fully saturated rings. The van der Waals surface area contributed by atoms with Crippen LogP contribution in [0.15, 0.2) is 72.8 Å². The van der Waals surface area contributed by atoms with Gasteiger partial charge >= 0.3 is 0 Å². The number of carbonyl (C=O) groups is 1. The van der Waals surface area contributed by atoms with E-state index in [1.54, 1.807) is 6.08 Å². The molecule has 0 radical (unpaired) electrons. The normalized spacial score (nSPS) is 12.4. The maximum Gasteiger partial charge on any atom is 0.244 e. The minimum Gasteiger partial charge on any atom is -0.396 e. The van der Waals surface area contributed by atoms with Crippen LogP contribution in [-0.4, -0.2) is 22.6 Å². The molecule has 0 saturated carbocycles. The molecule has 1 aromatic heterocycles. The predicted molar refractivity (Wildman–Crippen MR) is 99.8 cm³/mol. The lowest BCUT2D eigenvalue weighted by Gasteiger charge is -2.17. The van der Waals surface area contributed by atoms with Gasteiger partial charge in [-0.2, -0.15) is 0 Å². The molecule has 0 saturated heterocycles. The number of aliphatic hydroxyl groups is 1. The van der Waals surface area contributed by atoms with E-state index in [1.165, 1.54) is 6.08 Å². The fourth-order valence-electron chi connectivity index (χ4n) is 2.69. The lowest BCUT2D eigenvalue weighted by Crippen LogP contribution is -2.27. The number of fused-ring (bicyclic) bond motifs is 1. The molecule has 2 N–H and O–H groups in total. The van der Waals surface area contributed by atoms with Gasteiger partial charge < -0.3 is 10.4 Å². The van der Waals surface area contributed by atoms with Crippen LogP contribution in [-0.2, 0) is 4.79 Å². The van der Waals surface area contributed by atoms with Gasteiger partial charge in [-0.05, 0) is 30.2 Å². The van der Waals surface area contributed by atoms with E-state index in [9.17, 15) is 9.90 Å². The van der Waals surface area contributed by atoms with Crippen LogP contribution in [0.3, 0.4) is 0 Å². The zero-order chi connectivity index (χ0) is 17.5. The Hall–Kier alpha value is -2.98. The number of para-hydroxylation sites is 1. The van der Waals surface area contributed by atoms with Crippen LogP contribution in [0.2, 0.25) is 0 Å². The highest BCUT2D eigenvalue weighted by Gasteiger charge is 2.12. The molecule has 3 rings (SSSR count). The first-order valence-electron chi connectivity index (χ1n) is 8.26. The van der Waals surface area contributed by atoms with Crippen molar-refractivity contribution in [1.29, 1.82) is 0 Å². The molecule has 1 heterocycles. The zero-order valence-corrected chi connectivity index (χ0v) is 13.8. The van der Waals surface area contributed by atoms with Gasteiger partial charge in [0.15, 0.2) is 0 Å². The number of pyridine rings is 1. The molecule has 3 aromatic rings. The standard InChI is InChI=1S/C21H20N2O2/c24-15-14-20(16-6-2-1-3-7-16)23-21(25)13-12-18-11-10-17-8-4-5-9-19(17)22-18/h1-13,20,24H,14-15H2,(H,23,25)/b13-12+. The van der Waals surface area contributed by atoms with Crippen LogP contribution in [0, 0.1) is 0 Å². The number of hydrogen-bond acceptors (Lipinski definition) is 3. The molecule has 1 amide bonds. The molecule has 0 spiro atoms. The first kappa shape index (κ1) is 16.9. The largest absolute Gasteiger partial charge is 0.396 e. The van der Waals surface area contributed by atoms with Gasteiger partial charge in [0.05, 0.1) is 17.3 Å². The number of nitrogens with zero attached hydrogens (tertiary/aromatic N) is 1. The molecule has 4 nitrogen and oxygen atoms in total. The van der Waals surface area contributed by atoms with E-state index < -0.39 is 0 Å². The predicted octanol–water partition coefficient (Wildman–Crippen LogP) is 3.49. The van der Waals surface area contributed by atoms with Crippen LogP contribution >= 0.6 is 0 Å². The first-order valence-corrected chi connectivity index (χ1v) is 8.26. The average molecular weight is 332 g/mol. The third-order valence-electron chi connectivity index (χ3n) is 3.96. The summed E-state index contributed by atoms with van der Waals surface area (Å²) < 4.78 is 0. The van der Waals surface area contributed by atoms with Crippen LogP contribution in [0.25, 0.3) is 17.0 Å². The number of benzene rings is 2. The van der Waals surface area contributed by atoms with Crippen LogP contribution in [0.5, 0.6) is 0 Å². The highest BCUT2D eigenvalue weighted by molar-refractivity contribution is 5.92. The van der Waals surface area contributed by atoms with E-state index in [4.69, 9.17) is 0 Å². The SMILES string of the molecule is O=C(/C=C/c1ccc2ccccc2n1)NC(CCO)c1ccccc1. The van der Waals surface area contributed by atoms with Gasteiger partial charge in [-0.25, -0.2) is 4.98 Å². The van der Waals surface area contributed by atoms with Crippen LogP contribution < -0.4 is 5.32 Å². The summed E-state index contributed by atoms with van der Waals surface area (Å²) in [5, 5.41) is 13.2. The maximum absolute atomic E-state index is 12.2. The summed E-state index contributed by atoms with van der Waals surface area (Å²) in [5.41, 5.74) is 2.60. The Balaban J connectivity index is 1.70. The number of hydrogen-bond donors (Lipinski definition) is 2. The molecular weight excluding hydrogens is 312 g/mol. The lowest BCUT2D eigenvalue weighted by atomic mass is 10.0. The van der Waals surface area contributed by atoms with E-state index in [0.29, 0.717) is 6.42 Å². The minimum absolute atomic E-state index is 0.00971. The summed E-state index contributed by atoms with van der Waals surface area (Å²) in [4.78, 5) is 16.7. The Labute approximate surface area is 146 Å². The Morgan fingerprint density at radius 2 is 1.80 bits per heavy atom. The second kappa shape index (κ2) is 8.22. The van der Waals surface area contributed by atoms with Gasteiger partial charge in [0.2, 0.25) is 5.91 Å². The number of nitrogens with one attached hydrogen (secondary N) is 1. The smallest absolute Gasteiger partial charge is 0.244 e. The molecule has 1 unspecified atom stereocenters. The molecule has 0 aliphatic carbocycles. The van der Waals surface area contributed by atoms with Gasteiger partial charge in [-0.1, -0.05) is 54.6 Å². The van der Waals surface area contributed by atoms with E-state index in [1.807, 2.05) is 66.7 Å². The van der Waals surface area contributed by atoms with Crippen molar-refractivity contribution in [1.82, 2.24) is 10.3 Å². The third-order valence-corrected chi connectivity index (χ3v) is 3.96. The molecule has 0 bridgehead atoms. The quantitative estimate of drug-likeness (QED) is 0.679. The highest BCUT2D eigenvalue weighted by Crippen LogP contribution is 2.16. The van der Waals surface area contributed by atoms with Gasteiger partial charge in [0, 0.05) is 18.1 Å². The lowest BCUT2D eigenvalue weighted by molar-refractivity contribution is -0.117. The summed E-state index contributed by atoms with van der Waals surface area (Å²) in [6.07, 6.45) is 3.64. The van der Waals surface area contributed by atoms with Crippen molar-refractivity contribution < 1.29 is 9.90 Å². The fourth-order valence-corrected chi connectivity index (χ4v) is 2.69. The van der Waals surface area contributed by atoms with Gasteiger partial charge in [-0.3, -0.25) is 4.79 Å². The molecule has 0 aliphatic heterocycles. The van der Waals surface area contributed by atoms with Crippen LogP contribution in [0.1, 0.15) is 23.7 Å². The van der Waals surface area contributed by atoms with E-state index in [2.05, 4.69) is 10.3 Å². The fraction of sp³-hybridized carbons (Fsp3) is 0.143. The summed E-state index contributed by atoms with van der Waals surface area (Å²) in [7, 11) is 0. The summed E-state index contributed by atoms with van der Waals surface area (Å²) in [5.74, 6) is -0.211. The van der Waals surface area contributed by atoms with Crippen molar-refractivity contribution in [3.8, 4) is 0 Å². The molecule has 0 aliphatic rings. The number of aliphatic hydroxyl groups excluding tert-OH is 1. The zero-order valence-electron chi connectivity index (χ0n) is 13.8. The average Bonchev–Trinajstić information content (AvgIpc) is 2.66. The molecule has 25 heavy (non-hydrogen) atoms. The Bertz CT molecular complexity index is 875. The molecule has 1 atom stereocenters. The Morgan fingerprint density at radius 3 is 2.60 bits per heavy atom. The van der Waals surface area contributed by atoms with E-state index in [-0.39, 0.29) is 18.6 Å². The maximum atomic E-state index is 12.2. The van der Waals surface area contributed by atoms with Crippen molar-refractivity contribution in [3.05, 3.63) is 84.1 Å². The second-order valence-electron chi connectivity index (χ2n) is 5.75. The van der Waals surface area contributed by atoms with Crippen molar-refractivity contribution >= 4 is 22.9 Å². The van der Waals surface area contributed by atoms with Crippen molar-refractivity contribution in [2.45, 2.75) is 12.5 Å². The van der Waals surface area contributed by atoms with Crippen molar-refractivity contribution in [2.75, 3.05) is 6.61 Å². The van der Waals surface area contributed by atoms with Gasteiger partial charge in [-0.15, -0.1) is 0 Å². The highest BCUT2D eigenvalue weighted by atomic mass is 16.3. The monoisotopic (exact) mass is 332 g/mol. The number of aromatic nitrogens is 1. The van der Waals surface area contributed by atoms with Crippen LogP contribution in [0.4, 0.5) is 0 Å². The summed E-state index contributed by atoms with van der Waals surface area (Å²) in [6.45, 7) is 0.00971. The van der Waals surface area contributed by atoms with E-state index >= 15 is 0 Å². The van der Waals surface area contributed by atoms with Gasteiger partial charge in [0.1, 0.15) is 0 Å². The number of amides is 1. The molecule has 4 heteroatoms. The summed E-state index contributed by atoms with van der Waals surface area (Å²) in [6, 6.07) is 21.1. The number of carbonyl (C=O) groups excluding carboxylic acids is 1. The topological polar surface area (TPSA) is 62.2 Å². The Kier molecular flexibility index (Phi) is 5.54. The van der Waals surface area contributed by atoms with Crippen molar-refractivity contribution in [2.24, 2.45) is 0 Å². The Morgan fingerprint density at radius 1 is 1.04 bits per heavy atom. The second-order valence-corrected chi connectivity index (χ2v) is 5.75. The number of rotatable bonds is 6. The summed E-state index contributed by atoms with van der Waals surface area (Å²) >= 11 is 0. The minimum atomic E-state index is -0.215. The van der Waals surface area contributed by atoms with Crippen molar-refractivity contribution in [3.63, 3.8) is 0 Å².